The highest BCUT2D eigenvalue weighted by Gasteiger charge is 2.26. The van der Waals surface area contributed by atoms with Crippen LogP contribution in [0.25, 0.3) is 10.9 Å². The maximum Gasteiger partial charge on any atom is 0.221 e. The Labute approximate surface area is 136 Å². The predicted molar refractivity (Wildman–Crippen MR) is 93.0 cm³/mol. The van der Waals surface area contributed by atoms with Crippen LogP contribution in [-0.4, -0.2) is 37.2 Å². The van der Waals surface area contributed by atoms with E-state index in [0.29, 0.717) is 6.04 Å². The van der Waals surface area contributed by atoms with Gasteiger partial charge in [-0.1, -0.05) is 0 Å². The predicted octanol–water partition coefficient (Wildman–Crippen LogP) is 3.12. The van der Waals surface area contributed by atoms with E-state index in [1.807, 2.05) is 25.1 Å². The molecule has 1 aliphatic heterocycles. The summed E-state index contributed by atoms with van der Waals surface area (Å²) in [6, 6.07) is 8.49. The van der Waals surface area contributed by atoms with Crippen molar-refractivity contribution in [3.8, 4) is 0 Å². The van der Waals surface area contributed by atoms with Gasteiger partial charge in [0.05, 0.1) is 18.2 Å². The van der Waals surface area contributed by atoms with E-state index in [9.17, 15) is 4.79 Å². The SMILES string of the molecule is COCC1CCCN1c1cc(C)nc2cc(NC(C)=O)ccc12. The quantitative estimate of drug-likeness (QED) is 0.942. The summed E-state index contributed by atoms with van der Waals surface area (Å²) in [5, 5.41) is 3.94. The third-order valence-electron chi connectivity index (χ3n) is 4.28. The number of aromatic nitrogens is 1. The number of carbonyl (C=O) groups excluding carboxylic acids is 1. The van der Waals surface area contributed by atoms with Crippen molar-refractivity contribution in [1.82, 2.24) is 4.98 Å². The number of rotatable bonds is 4. The molecule has 1 saturated heterocycles. The topological polar surface area (TPSA) is 54.5 Å². The lowest BCUT2D eigenvalue weighted by Crippen LogP contribution is -2.33. The van der Waals surface area contributed by atoms with Gasteiger partial charge in [-0.2, -0.15) is 0 Å². The Bertz CT molecular complexity index is 730. The molecule has 1 fully saturated rings. The molecule has 2 heterocycles. The Kier molecular flexibility index (Phi) is 4.48. The van der Waals surface area contributed by atoms with Crippen LogP contribution in [0, 0.1) is 6.92 Å². The van der Waals surface area contributed by atoms with E-state index in [4.69, 9.17) is 4.74 Å². The highest BCUT2D eigenvalue weighted by atomic mass is 16.5. The fourth-order valence-electron chi connectivity index (χ4n) is 3.38. The number of methoxy groups -OCH3 is 1. The fourth-order valence-corrected chi connectivity index (χ4v) is 3.38. The van der Waals surface area contributed by atoms with E-state index >= 15 is 0 Å². The van der Waals surface area contributed by atoms with Gasteiger partial charge >= 0.3 is 0 Å². The Morgan fingerprint density at radius 1 is 1.43 bits per heavy atom. The third kappa shape index (κ3) is 3.29. The second kappa shape index (κ2) is 6.54. The second-order valence-corrected chi connectivity index (χ2v) is 6.14. The molecule has 1 aromatic carbocycles. The molecule has 0 bridgehead atoms. The number of benzene rings is 1. The van der Waals surface area contributed by atoms with Gasteiger partial charge in [-0.05, 0) is 44.0 Å². The number of carbonyl (C=O) groups is 1. The average molecular weight is 313 g/mol. The van der Waals surface area contributed by atoms with Gasteiger partial charge in [-0.25, -0.2) is 0 Å². The van der Waals surface area contributed by atoms with Crippen LogP contribution in [-0.2, 0) is 9.53 Å². The minimum absolute atomic E-state index is 0.0723. The van der Waals surface area contributed by atoms with E-state index in [1.165, 1.54) is 19.0 Å². The molecule has 1 atom stereocenters. The summed E-state index contributed by atoms with van der Waals surface area (Å²) in [4.78, 5) is 18.3. The third-order valence-corrected chi connectivity index (χ3v) is 4.28. The van der Waals surface area contributed by atoms with Gasteiger partial charge in [0.2, 0.25) is 5.91 Å². The molecule has 1 unspecified atom stereocenters. The van der Waals surface area contributed by atoms with Crippen LogP contribution in [0.3, 0.4) is 0 Å². The average Bonchev–Trinajstić information content (AvgIpc) is 2.94. The molecule has 23 heavy (non-hydrogen) atoms. The first-order valence-corrected chi connectivity index (χ1v) is 8.03. The number of aryl methyl sites for hydroxylation is 1. The van der Waals surface area contributed by atoms with Crippen molar-refractivity contribution in [2.45, 2.75) is 32.7 Å². The van der Waals surface area contributed by atoms with Crippen LogP contribution < -0.4 is 10.2 Å². The van der Waals surface area contributed by atoms with Crippen LogP contribution >= 0.6 is 0 Å². The molecule has 3 rings (SSSR count). The molecule has 122 valence electrons. The highest BCUT2D eigenvalue weighted by molar-refractivity contribution is 5.97. The van der Waals surface area contributed by atoms with Gasteiger partial charge in [0.15, 0.2) is 0 Å². The Balaban J connectivity index is 2.04. The second-order valence-electron chi connectivity index (χ2n) is 6.14. The monoisotopic (exact) mass is 313 g/mol. The first-order valence-electron chi connectivity index (χ1n) is 8.03. The molecule has 0 saturated carbocycles. The smallest absolute Gasteiger partial charge is 0.221 e. The first kappa shape index (κ1) is 15.7. The van der Waals surface area contributed by atoms with Gasteiger partial charge in [0.1, 0.15) is 0 Å². The molecule has 0 aliphatic carbocycles. The number of nitrogens with one attached hydrogen (secondary N) is 1. The zero-order valence-corrected chi connectivity index (χ0v) is 13.9. The maximum absolute atomic E-state index is 11.3. The molecule has 1 amide bonds. The molecule has 0 radical (unpaired) electrons. The number of hydrogen-bond donors (Lipinski definition) is 1. The molecular weight excluding hydrogens is 290 g/mol. The van der Waals surface area contributed by atoms with Gasteiger partial charge in [-0.15, -0.1) is 0 Å². The molecule has 5 heteroatoms. The van der Waals surface area contributed by atoms with Crippen LogP contribution in [0.5, 0.6) is 0 Å². The molecule has 0 spiro atoms. The van der Waals surface area contributed by atoms with Gasteiger partial charge in [-0.3, -0.25) is 9.78 Å². The summed E-state index contributed by atoms with van der Waals surface area (Å²) in [7, 11) is 1.76. The van der Waals surface area contributed by atoms with Crippen molar-refractivity contribution in [1.29, 1.82) is 0 Å². The molecule has 2 aromatic rings. The van der Waals surface area contributed by atoms with Crippen molar-refractivity contribution >= 4 is 28.2 Å². The maximum atomic E-state index is 11.3. The van der Waals surface area contributed by atoms with Crippen molar-refractivity contribution in [3.63, 3.8) is 0 Å². The number of nitrogens with zero attached hydrogens (tertiary/aromatic N) is 2. The summed E-state index contributed by atoms with van der Waals surface area (Å²) in [5.74, 6) is -0.0723. The lowest BCUT2D eigenvalue weighted by Gasteiger charge is -2.28. The van der Waals surface area contributed by atoms with Crippen LogP contribution in [0.4, 0.5) is 11.4 Å². The van der Waals surface area contributed by atoms with Crippen LogP contribution in [0.15, 0.2) is 24.3 Å². The molecule has 5 nitrogen and oxygen atoms in total. The molecule has 1 aromatic heterocycles. The summed E-state index contributed by atoms with van der Waals surface area (Å²) in [6.07, 6.45) is 2.33. The number of anilines is 2. The molecule has 1 aliphatic rings. The summed E-state index contributed by atoms with van der Waals surface area (Å²) < 4.78 is 5.38. The number of amides is 1. The largest absolute Gasteiger partial charge is 0.383 e. The van der Waals surface area contributed by atoms with Crippen LogP contribution in [0.2, 0.25) is 0 Å². The number of ether oxygens (including phenoxy) is 1. The Morgan fingerprint density at radius 3 is 3.00 bits per heavy atom. The standard InChI is InChI=1S/C18H23N3O2/c1-12-9-18(21-8-4-5-15(21)11-23-3)16-7-6-14(20-13(2)22)10-17(16)19-12/h6-7,9-10,15H,4-5,8,11H2,1-3H3,(H,20,22). The van der Waals surface area contributed by atoms with E-state index in [-0.39, 0.29) is 5.91 Å². The van der Waals surface area contributed by atoms with Crippen molar-refractivity contribution in [2.24, 2.45) is 0 Å². The minimum atomic E-state index is -0.0723. The highest BCUT2D eigenvalue weighted by Crippen LogP contribution is 2.33. The Morgan fingerprint density at radius 2 is 2.26 bits per heavy atom. The van der Waals surface area contributed by atoms with Gasteiger partial charge < -0.3 is 15.0 Å². The summed E-state index contributed by atoms with van der Waals surface area (Å²) >= 11 is 0. The fraction of sp³-hybridized carbons (Fsp3) is 0.444. The van der Waals surface area contributed by atoms with E-state index in [0.717, 1.165) is 41.9 Å². The number of fused-ring (bicyclic) bond motifs is 1. The Hall–Kier alpha value is -2.14. The first-order chi connectivity index (χ1) is 11.1. The zero-order chi connectivity index (χ0) is 16.4. The van der Waals surface area contributed by atoms with Crippen molar-refractivity contribution in [2.75, 3.05) is 30.5 Å². The van der Waals surface area contributed by atoms with Gasteiger partial charge in [0.25, 0.3) is 0 Å². The van der Waals surface area contributed by atoms with E-state index in [2.05, 4.69) is 21.3 Å². The normalized spacial score (nSPS) is 17.7. The summed E-state index contributed by atoms with van der Waals surface area (Å²) in [5.41, 5.74) is 3.88. The van der Waals surface area contributed by atoms with Crippen molar-refractivity contribution < 1.29 is 9.53 Å². The number of pyridine rings is 1. The van der Waals surface area contributed by atoms with Gasteiger partial charge in [0, 0.05) is 43.0 Å². The zero-order valence-electron chi connectivity index (χ0n) is 13.9. The molecular formula is C18H23N3O2. The van der Waals surface area contributed by atoms with Crippen molar-refractivity contribution in [3.05, 3.63) is 30.0 Å². The molecule has 1 N–H and O–H groups in total. The lowest BCUT2D eigenvalue weighted by atomic mass is 10.1. The van der Waals surface area contributed by atoms with E-state index < -0.39 is 0 Å². The summed E-state index contributed by atoms with van der Waals surface area (Å²) in [6.45, 7) is 5.31. The van der Waals surface area contributed by atoms with E-state index in [1.54, 1.807) is 7.11 Å². The number of hydrogen-bond acceptors (Lipinski definition) is 4. The lowest BCUT2D eigenvalue weighted by molar-refractivity contribution is -0.114. The van der Waals surface area contributed by atoms with Crippen LogP contribution in [0.1, 0.15) is 25.5 Å². The minimum Gasteiger partial charge on any atom is -0.383 e.